The highest BCUT2D eigenvalue weighted by Gasteiger charge is 2.11. The molecule has 0 saturated heterocycles. The Bertz CT molecular complexity index is 325. The smallest absolute Gasteiger partial charge is 0.309 e. The Morgan fingerprint density at radius 3 is 2.79 bits per heavy atom. The maximum Gasteiger partial charge on any atom is 0.309 e. The van der Waals surface area contributed by atoms with E-state index in [-0.39, 0.29) is 6.61 Å². The van der Waals surface area contributed by atoms with Crippen LogP contribution in [0.15, 0.2) is 29.2 Å². The molecule has 0 aromatic heterocycles. The summed E-state index contributed by atoms with van der Waals surface area (Å²) in [6.07, 6.45) is 0. The van der Waals surface area contributed by atoms with Gasteiger partial charge in [0.15, 0.2) is 0 Å². The largest absolute Gasteiger partial charge is 0.492 e. The van der Waals surface area contributed by atoms with Crippen molar-refractivity contribution in [3.05, 3.63) is 24.3 Å². The number of para-hydroxylation sites is 1. The molecule has 0 aliphatic rings. The molecule has 4 heteroatoms. The van der Waals surface area contributed by atoms with Crippen molar-refractivity contribution in [3.8, 4) is 5.75 Å². The van der Waals surface area contributed by atoms with E-state index < -0.39 is 11.9 Å². The van der Waals surface area contributed by atoms with E-state index in [9.17, 15) is 4.79 Å². The maximum atomic E-state index is 10.5. The Hall–Kier alpha value is -1.16. The highest BCUT2D eigenvalue weighted by atomic mass is 32.1. The van der Waals surface area contributed by atoms with E-state index in [1.54, 1.807) is 19.1 Å². The fourth-order valence-electron chi connectivity index (χ4n) is 0.865. The lowest BCUT2D eigenvalue weighted by molar-refractivity contribution is -0.142. The number of benzene rings is 1. The van der Waals surface area contributed by atoms with Crippen LogP contribution in [0.25, 0.3) is 0 Å². The molecule has 0 amide bonds. The van der Waals surface area contributed by atoms with E-state index in [2.05, 4.69) is 12.6 Å². The average Bonchev–Trinajstić information content (AvgIpc) is 2.16. The molecule has 1 aromatic carbocycles. The van der Waals surface area contributed by atoms with Gasteiger partial charge in [0.05, 0.1) is 5.92 Å². The molecule has 0 aliphatic carbocycles. The van der Waals surface area contributed by atoms with E-state index in [0.717, 1.165) is 0 Å². The van der Waals surface area contributed by atoms with Crippen molar-refractivity contribution in [2.24, 2.45) is 5.92 Å². The van der Waals surface area contributed by atoms with Crippen molar-refractivity contribution in [2.45, 2.75) is 11.8 Å². The minimum absolute atomic E-state index is 0.160. The molecule has 1 rings (SSSR count). The summed E-state index contributed by atoms with van der Waals surface area (Å²) in [4.78, 5) is 11.2. The highest BCUT2D eigenvalue weighted by molar-refractivity contribution is 7.80. The van der Waals surface area contributed by atoms with Crippen LogP contribution in [0.4, 0.5) is 0 Å². The predicted molar refractivity (Wildman–Crippen MR) is 56.0 cm³/mol. The van der Waals surface area contributed by atoms with Gasteiger partial charge in [-0.3, -0.25) is 4.79 Å². The van der Waals surface area contributed by atoms with Crippen LogP contribution in [0.1, 0.15) is 6.92 Å². The Kier molecular flexibility index (Phi) is 3.83. The summed E-state index contributed by atoms with van der Waals surface area (Å²) in [5.41, 5.74) is 0. The van der Waals surface area contributed by atoms with Crippen LogP contribution in [-0.4, -0.2) is 17.7 Å². The van der Waals surface area contributed by atoms with Crippen LogP contribution in [0, 0.1) is 5.92 Å². The summed E-state index contributed by atoms with van der Waals surface area (Å²) in [7, 11) is 0. The van der Waals surface area contributed by atoms with E-state index in [1.165, 1.54) is 0 Å². The standard InChI is InChI=1S/C10H12O3S/c1-7(10(11)12)6-13-8-4-2-3-5-9(8)14/h2-5,7,14H,6H2,1H3,(H,11,12). The molecule has 0 heterocycles. The molecule has 0 radical (unpaired) electrons. The summed E-state index contributed by atoms with van der Waals surface area (Å²) < 4.78 is 5.30. The van der Waals surface area contributed by atoms with Gasteiger partial charge in [0, 0.05) is 4.90 Å². The number of carboxylic acid groups (broad SMARTS) is 1. The van der Waals surface area contributed by atoms with Gasteiger partial charge in [0.2, 0.25) is 0 Å². The number of aliphatic carboxylic acids is 1. The van der Waals surface area contributed by atoms with Gasteiger partial charge in [0.25, 0.3) is 0 Å². The summed E-state index contributed by atoms with van der Waals surface area (Å²) >= 11 is 4.18. The second-order valence-electron chi connectivity index (χ2n) is 3.02. The van der Waals surface area contributed by atoms with Gasteiger partial charge in [-0.15, -0.1) is 12.6 Å². The van der Waals surface area contributed by atoms with E-state index >= 15 is 0 Å². The third kappa shape index (κ3) is 2.96. The Morgan fingerprint density at radius 2 is 2.21 bits per heavy atom. The minimum Gasteiger partial charge on any atom is -0.492 e. The van der Waals surface area contributed by atoms with Crippen molar-refractivity contribution in [2.75, 3.05) is 6.61 Å². The van der Waals surface area contributed by atoms with Crippen LogP contribution in [0.5, 0.6) is 5.75 Å². The van der Waals surface area contributed by atoms with Crippen molar-refractivity contribution >= 4 is 18.6 Å². The normalized spacial score (nSPS) is 12.1. The molecule has 3 nitrogen and oxygen atoms in total. The Labute approximate surface area is 88.1 Å². The van der Waals surface area contributed by atoms with Crippen LogP contribution >= 0.6 is 12.6 Å². The first-order valence-electron chi connectivity index (χ1n) is 4.25. The van der Waals surface area contributed by atoms with Gasteiger partial charge in [-0.05, 0) is 19.1 Å². The van der Waals surface area contributed by atoms with Crippen LogP contribution in [-0.2, 0) is 4.79 Å². The quantitative estimate of drug-likeness (QED) is 0.751. The molecule has 0 spiro atoms. The molecule has 0 aliphatic heterocycles. The molecule has 14 heavy (non-hydrogen) atoms. The lowest BCUT2D eigenvalue weighted by Gasteiger charge is -2.10. The Morgan fingerprint density at radius 1 is 1.57 bits per heavy atom. The summed E-state index contributed by atoms with van der Waals surface area (Å²) in [5.74, 6) is -0.756. The lowest BCUT2D eigenvalue weighted by Crippen LogP contribution is -2.18. The number of hydrogen-bond donors (Lipinski definition) is 2. The maximum absolute atomic E-state index is 10.5. The number of carbonyl (C=O) groups is 1. The number of ether oxygens (including phenoxy) is 1. The summed E-state index contributed by atoms with van der Waals surface area (Å²) in [5, 5.41) is 8.63. The first kappa shape index (κ1) is 10.9. The SMILES string of the molecule is CC(COc1ccccc1S)C(=O)O. The zero-order valence-electron chi connectivity index (χ0n) is 7.80. The molecule has 76 valence electrons. The van der Waals surface area contributed by atoms with E-state index in [4.69, 9.17) is 9.84 Å². The monoisotopic (exact) mass is 212 g/mol. The fraction of sp³-hybridized carbons (Fsp3) is 0.300. The zero-order valence-corrected chi connectivity index (χ0v) is 8.70. The van der Waals surface area contributed by atoms with Crippen molar-refractivity contribution in [3.63, 3.8) is 0 Å². The molecule has 1 aromatic rings. The van der Waals surface area contributed by atoms with Crippen LogP contribution in [0.3, 0.4) is 0 Å². The Balaban J connectivity index is 2.54. The van der Waals surface area contributed by atoms with Gasteiger partial charge in [-0.1, -0.05) is 12.1 Å². The fourth-order valence-corrected chi connectivity index (χ4v) is 1.09. The summed E-state index contributed by atoms with van der Waals surface area (Å²) in [6, 6.07) is 7.22. The summed E-state index contributed by atoms with van der Waals surface area (Å²) in [6.45, 7) is 1.76. The molecule has 1 atom stereocenters. The molecule has 1 N–H and O–H groups in total. The third-order valence-corrected chi connectivity index (χ3v) is 2.15. The third-order valence-electron chi connectivity index (χ3n) is 1.78. The van der Waals surface area contributed by atoms with Gasteiger partial charge in [-0.2, -0.15) is 0 Å². The van der Waals surface area contributed by atoms with Crippen molar-refractivity contribution in [1.82, 2.24) is 0 Å². The highest BCUT2D eigenvalue weighted by Crippen LogP contribution is 2.21. The molecule has 0 fully saturated rings. The predicted octanol–water partition coefficient (Wildman–Crippen LogP) is 2.07. The molecular weight excluding hydrogens is 200 g/mol. The number of thiol groups is 1. The van der Waals surface area contributed by atoms with Gasteiger partial charge >= 0.3 is 5.97 Å². The second kappa shape index (κ2) is 4.91. The average molecular weight is 212 g/mol. The number of carboxylic acids is 1. The molecule has 0 bridgehead atoms. The van der Waals surface area contributed by atoms with Gasteiger partial charge < -0.3 is 9.84 Å². The van der Waals surface area contributed by atoms with E-state index in [0.29, 0.717) is 10.6 Å². The number of hydrogen-bond acceptors (Lipinski definition) is 3. The van der Waals surface area contributed by atoms with Crippen molar-refractivity contribution in [1.29, 1.82) is 0 Å². The first-order valence-corrected chi connectivity index (χ1v) is 4.69. The van der Waals surface area contributed by atoms with E-state index in [1.807, 2.05) is 12.1 Å². The van der Waals surface area contributed by atoms with Gasteiger partial charge in [0.1, 0.15) is 12.4 Å². The van der Waals surface area contributed by atoms with Crippen LogP contribution in [0.2, 0.25) is 0 Å². The lowest BCUT2D eigenvalue weighted by atomic mass is 10.2. The molecular formula is C10H12O3S. The molecule has 1 unspecified atom stereocenters. The van der Waals surface area contributed by atoms with Crippen LogP contribution < -0.4 is 4.74 Å². The second-order valence-corrected chi connectivity index (χ2v) is 3.50. The van der Waals surface area contributed by atoms with Crippen molar-refractivity contribution < 1.29 is 14.6 Å². The molecule has 0 saturated carbocycles. The zero-order chi connectivity index (χ0) is 10.6. The number of rotatable bonds is 4. The topological polar surface area (TPSA) is 46.5 Å². The van der Waals surface area contributed by atoms with Gasteiger partial charge in [-0.25, -0.2) is 0 Å². The minimum atomic E-state index is -0.860. The first-order chi connectivity index (χ1) is 6.61.